The largest absolute Gasteiger partial charge is 0.496 e. The van der Waals surface area contributed by atoms with Crippen LogP contribution in [0.3, 0.4) is 0 Å². The molecule has 1 atom stereocenters. The second kappa shape index (κ2) is 10.6. The van der Waals surface area contributed by atoms with E-state index in [9.17, 15) is 9.59 Å². The lowest BCUT2D eigenvalue weighted by atomic mass is 10.2. The SMILES string of the molecule is COc1ccccc1CN(C)C(=O)COC(=O)c1ccc(OC[C@H]2CCCO2)cc1. The lowest BCUT2D eigenvalue weighted by Gasteiger charge is -2.18. The lowest BCUT2D eigenvalue weighted by Crippen LogP contribution is -2.31. The van der Waals surface area contributed by atoms with Crippen LogP contribution in [-0.2, 0) is 20.8 Å². The van der Waals surface area contributed by atoms with Gasteiger partial charge >= 0.3 is 5.97 Å². The molecule has 3 rings (SSSR count). The maximum Gasteiger partial charge on any atom is 0.338 e. The number of rotatable bonds is 9. The number of carbonyl (C=O) groups excluding carboxylic acids is 2. The minimum Gasteiger partial charge on any atom is -0.496 e. The number of likely N-dealkylation sites (N-methyl/N-ethyl adjacent to an activating group) is 1. The fourth-order valence-electron chi connectivity index (χ4n) is 3.15. The summed E-state index contributed by atoms with van der Waals surface area (Å²) < 4.78 is 21.7. The number of benzene rings is 2. The van der Waals surface area contributed by atoms with Crippen LogP contribution in [0.4, 0.5) is 0 Å². The molecule has 1 saturated heterocycles. The molecule has 2 aromatic rings. The highest BCUT2D eigenvalue weighted by atomic mass is 16.5. The number of nitrogens with zero attached hydrogens (tertiary/aromatic N) is 1. The maximum atomic E-state index is 12.3. The van der Waals surface area contributed by atoms with Gasteiger partial charge in [0.1, 0.15) is 18.1 Å². The zero-order valence-corrected chi connectivity index (χ0v) is 17.3. The van der Waals surface area contributed by atoms with Crippen molar-refractivity contribution in [2.75, 3.05) is 34.0 Å². The Morgan fingerprint density at radius 2 is 1.90 bits per heavy atom. The van der Waals surface area contributed by atoms with Crippen LogP contribution < -0.4 is 9.47 Å². The standard InChI is InChI=1S/C23H27NO6/c1-24(14-18-6-3-4-8-21(18)27-2)22(25)16-30-23(26)17-9-11-19(12-10-17)29-15-20-7-5-13-28-20/h3-4,6,8-12,20H,5,7,13-16H2,1-2H3/t20-/m1/s1. The summed E-state index contributed by atoms with van der Waals surface area (Å²) in [5.41, 5.74) is 1.24. The highest BCUT2D eigenvalue weighted by molar-refractivity contribution is 5.91. The predicted molar refractivity (Wildman–Crippen MR) is 111 cm³/mol. The summed E-state index contributed by atoms with van der Waals surface area (Å²) in [6.07, 6.45) is 2.20. The Morgan fingerprint density at radius 1 is 1.13 bits per heavy atom. The molecule has 1 aliphatic heterocycles. The van der Waals surface area contributed by atoms with Crippen LogP contribution in [0.15, 0.2) is 48.5 Å². The minimum atomic E-state index is -0.556. The molecule has 0 radical (unpaired) electrons. The van der Waals surface area contributed by atoms with Crippen molar-refractivity contribution in [3.63, 3.8) is 0 Å². The fraction of sp³-hybridized carbons (Fsp3) is 0.391. The molecule has 0 unspecified atom stereocenters. The molecule has 1 heterocycles. The van der Waals surface area contributed by atoms with Gasteiger partial charge in [0.15, 0.2) is 6.61 Å². The van der Waals surface area contributed by atoms with E-state index in [0.29, 0.717) is 30.2 Å². The first-order valence-electron chi connectivity index (χ1n) is 9.94. The zero-order chi connectivity index (χ0) is 21.3. The first kappa shape index (κ1) is 21.6. The van der Waals surface area contributed by atoms with Gasteiger partial charge in [-0.2, -0.15) is 0 Å². The third-order valence-electron chi connectivity index (χ3n) is 4.90. The van der Waals surface area contributed by atoms with Crippen molar-refractivity contribution < 1.29 is 28.5 Å². The summed E-state index contributed by atoms with van der Waals surface area (Å²) in [6, 6.07) is 14.1. The Balaban J connectivity index is 1.45. The summed E-state index contributed by atoms with van der Waals surface area (Å²) >= 11 is 0. The number of carbonyl (C=O) groups is 2. The van der Waals surface area contributed by atoms with Gasteiger partial charge in [-0.3, -0.25) is 4.79 Å². The molecule has 0 spiro atoms. The van der Waals surface area contributed by atoms with Crippen molar-refractivity contribution in [3.8, 4) is 11.5 Å². The molecule has 1 amide bonds. The lowest BCUT2D eigenvalue weighted by molar-refractivity contribution is -0.133. The summed E-state index contributed by atoms with van der Waals surface area (Å²) in [6.45, 7) is 1.31. The van der Waals surface area contributed by atoms with Crippen LogP contribution in [-0.4, -0.2) is 56.9 Å². The van der Waals surface area contributed by atoms with Gasteiger partial charge in [0.05, 0.1) is 18.8 Å². The Labute approximate surface area is 176 Å². The number of hydrogen-bond acceptors (Lipinski definition) is 6. The van der Waals surface area contributed by atoms with Crippen LogP contribution in [0.2, 0.25) is 0 Å². The predicted octanol–water partition coefficient (Wildman–Crippen LogP) is 3.07. The van der Waals surface area contributed by atoms with Crippen molar-refractivity contribution in [2.45, 2.75) is 25.5 Å². The van der Waals surface area contributed by atoms with Gasteiger partial charge in [0.25, 0.3) is 5.91 Å². The second-order valence-electron chi connectivity index (χ2n) is 7.11. The average molecular weight is 413 g/mol. The fourth-order valence-corrected chi connectivity index (χ4v) is 3.15. The number of para-hydroxylation sites is 1. The van der Waals surface area contributed by atoms with Crippen molar-refractivity contribution in [1.82, 2.24) is 4.90 Å². The zero-order valence-electron chi connectivity index (χ0n) is 17.3. The molecule has 0 N–H and O–H groups in total. The molecule has 0 saturated carbocycles. The molecular weight excluding hydrogens is 386 g/mol. The highest BCUT2D eigenvalue weighted by Crippen LogP contribution is 2.19. The molecule has 1 fully saturated rings. The summed E-state index contributed by atoms with van der Waals surface area (Å²) in [7, 11) is 3.24. The van der Waals surface area contributed by atoms with Gasteiger partial charge in [-0.1, -0.05) is 18.2 Å². The Hall–Kier alpha value is -3.06. The number of esters is 1. The molecule has 2 aromatic carbocycles. The van der Waals surface area contributed by atoms with Crippen molar-refractivity contribution in [2.24, 2.45) is 0 Å². The molecule has 7 heteroatoms. The van der Waals surface area contributed by atoms with E-state index in [2.05, 4.69) is 0 Å². The van der Waals surface area contributed by atoms with Crippen molar-refractivity contribution in [1.29, 1.82) is 0 Å². The van der Waals surface area contributed by atoms with E-state index in [1.165, 1.54) is 4.90 Å². The quantitative estimate of drug-likeness (QED) is 0.588. The van der Waals surface area contributed by atoms with E-state index < -0.39 is 5.97 Å². The van der Waals surface area contributed by atoms with E-state index in [4.69, 9.17) is 18.9 Å². The van der Waals surface area contributed by atoms with Crippen LogP contribution in [0.25, 0.3) is 0 Å². The molecule has 0 aliphatic carbocycles. The molecule has 1 aliphatic rings. The van der Waals surface area contributed by atoms with Gasteiger partial charge in [0, 0.05) is 25.8 Å². The van der Waals surface area contributed by atoms with E-state index in [-0.39, 0.29) is 18.6 Å². The number of amides is 1. The normalized spacial score (nSPS) is 15.5. The Morgan fingerprint density at radius 3 is 2.60 bits per heavy atom. The summed E-state index contributed by atoms with van der Waals surface area (Å²) in [5.74, 6) is 0.510. The van der Waals surface area contributed by atoms with Gasteiger partial charge in [-0.05, 0) is 43.2 Å². The van der Waals surface area contributed by atoms with Gasteiger partial charge < -0.3 is 23.8 Å². The third kappa shape index (κ3) is 5.97. The summed E-state index contributed by atoms with van der Waals surface area (Å²) in [5, 5.41) is 0. The Kier molecular flexibility index (Phi) is 7.68. The number of ether oxygens (including phenoxy) is 4. The first-order valence-corrected chi connectivity index (χ1v) is 9.94. The molecule has 0 aromatic heterocycles. The van der Waals surface area contributed by atoms with Gasteiger partial charge in [-0.25, -0.2) is 4.79 Å². The molecular formula is C23H27NO6. The molecule has 30 heavy (non-hydrogen) atoms. The minimum absolute atomic E-state index is 0.133. The molecule has 0 bridgehead atoms. The van der Waals surface area contributed by atoms with E-state index >= 15 is 0 Å². The van der Waals surface area contributed by atoms with Gasteiger partial charge in [0.2, 0.25) is 0 Å². The van der Waals surface area contributed by atoms with Crippen LogP contribution >= 0.6 is 0 Å². The van der Waals surface area contributed by atoms with Crippen molar-refractivity contribution >= 4 is 11.9 Å². The third-order valence-corrected chi connectivity index (χ3v) is 4.90. The molecule has 160 valence electrons. The van der Waals surface area contributed by atoms with E-state index in [1.54, 1.807) is 38.4 Å². The first-order chi connectivity index (χ1) is 14.6. The summed E-state index contributed by atoms with van der Waals surface area (Å²) in [4.78, 5) is 26.1. The smallest absolute Gasteiger partial charge is 0.338 e. The molecule has 7 nitrogen and oxygen atoms in total. The number of methoxy groups -OCH3 is 1. The van der Waals surface area contributed by atoms with Crippen molar-refractivity contribution in [3.05, 3.63) is 59.7 Å². The van der Waals surface area contributed by atoms with Crippen LogP contribution in [0, 0.1) is 0 Å². The van der Waals surface area contributed by atoms with E-state index in [1.807, 2.05) is 24.3 Å². The van der Waals surface area contributed by atoms with Crippen LogP contribution in [0.5, 0.6) is 11.5 Å². The van der Waals surface area contributed by atoms with Crippen LogP contribution in [0.1, 0.15) is 28.8 Å². The highest BCUT2D eigenvalue weighted by Gasteiger charge is 2.17. The second-order valence-corrected chi connectivity index (χ2v) is 7.11. The Bertz CT molecular complexity index is 845. The average Bonchev–Trinajstić information content (AvgIpc) is 3.30. The topological polar surface area (TPSA) is 74.3 Å². The van der Waals surface area contributed by atoms with Gasteiger partial charge in [-0.15, -0.1) is 0 Å². The van der Waals surface area contributed by atoms with E-state index in [0.717, 1.165) is 25.0 Å². The maximum absolute atomic E-state index is 12.3. The monoisotopic (exact) mass is 413 g/mol. The number of hydrogen-bond donors (Lipinski definition) is 0.